The van der Waals surface area contributed by atoms with Crippen LogP contribution < -0.4 is 0 Å². The van der Waals surface area contributed by atoms with Crippen LogP contribution in [0.5, 0.6) is 0 Å². The first-order valence-electron chi connectivity index (χ1n) is 8.52. The highest BCUT2D eigenvalue weighted by atomic mass is 16.5. The first-order chi connectivity index (χ1) is 11.9. The minimum absolute atomic E-state index is 0.0289. The molecule has 1 aromatic carbocycles. The van der Waals surface area contributed by atoms with Crippen molar-refractivity contribution in [2.75, 3.05) is 0 Å². The Morgan fingerprint density at radius 2 is 2.04 bits per heavy atom. The molecule has 6 heteroatoms. The van der Waals surface area contributed by atoms with Crippen LogP contribution in [0.1, 0.15) is 54.2 Å². The van der Waals surface area contributed by atoms with Crippen molar-refractivity contribution >= 4 is 16.9 Å². The summed E-state index contributed by atoms with van der Waals surface area (Å²) in [5.41, 5.74) is 2.68. The molecule has 2 aromatic heterocycles. The monoisotopic (exact) mass is 341 g/mol. The molecule has 0 N–H and O–H groups in total. The lowest BCUT2D eigenvalue weighted by Crippen LogP contribution is -2.36. The molecule has 2 heterocycles. The van der Waals surface area contributed by atoms with E-state index >= 15 is 0 Å². The van der Waals surface area contributed by atoms with E-state index in [-0.39, 0.29) is 18.5 Å². The Balaban J connectivity index is 1.94. The lowest BCUT2D eigenvalue weighted by Gasteiger charge is -2.24. The molecule has 1 amide bonds. The van der Waals surface area contributed by atoms with Crippen molar-refractivity contribution in [1.82, 2.24) is 15.0 Å². The van der Waals surface area contributed by atoms with Crippen LogP contribution in [-0.4, -0.2) is 27.0 Å². The number of carbonyl (C=O) groups excluding carboxylic acids is 1. The highest BCUT2D eigenvalue weighted by molar-refractivity contribution is 5.99. The smallest absolute Gasteiger partial charge is 0.290 e. The number of nitrogens with zero attached hydrogens (tertiary/aromatic N) is 3. The van der Waals surface area contributed by atoms with Crippen molar-refractivity contribution in [2.45, 2.75) is 53.6 Å². The molecule has 0 aliphatic rings. The maximum absolute atomic E-state index is 13.1. The molecule has 25 heavy (non-hydrogen) atoms. The Morgan fingerprint density at radius 3 is 2.68 bits per heavy atom. The summed E-state index contributed by atoms with van der Waals surface area (Å²) in [7, 11) is 0. The second kappa shape index (κ2) is 6.70. The lowest BCUT2D eigenvalue weighted by atomic mass is 10.1. The maximum atomic E-state index is 13.1. The third-order valence-electron chi connectivity index (χ3n) is 4.30. The van der Waals surface area contributed by atoms with Crippen LogP contribution >= 0.6 is 0 Å². The summed E-state index contributed by atoms with van der Waals surface area (Å²) in [4.78, 5) is 19.1. The summed E-state index contributed by atoms with van der Waals surface area (Å²) in [5, 5.41) is 4.86. The minimum atomic E-state index is -0.169. The van der Waals surface area contributed by atoms with Gasteiger partial charge >= 0.3 is 0 Å². The minimum Gasteiger partial charge on any atom is -0.451 e. The zero-order valence-electron chi connectivity index (χ0n) is 15.3. The molecule has 0 fully saturated rings. The number of rotatable bonds is 5. The zero-order chi connectivity index (χ0) is 18.1. The molecule has 0 saturated heterocycles. The SMILES string of the molecule is CCc1noc(CN(C(=O)c2oc3cc(C)ccc3c2C)C(C)C)n1. The average Bonchev–Trinajstić information content (AvgIpc) is 3.16. The number of carbonyl (C=O) groups is 1. The third kappa shape index (κ3) is 3.29. The summed E-state index contributed by atoms with van der Waals surface area (Å²) in [5.74, 6) is 1.27. The van der Waals surface area contributed by atoms with Gasteiger partial charge in [-0.15, -0.1) is 0 Å². The first kappa shape index (κ1) is 17.2. The molecule has 132 valence electrons. The van der Waals surface area contributed by atoms with Gasteiger partial charge in [-0.05, 0) is 39.3 Å². The van der Waals surface area contributed by atoms with E-state index in [1.165, 1.54) is 0 Å². The van der Waals surface area contributed by atoms with E-state index in [2.05, 4.69) is 10.1 Å². The molecular formula is C19H23N3O3. The quantitative estimate of drug-likeness (QED) is 0.700. The average molecular weight is 341 g/mol. The van der Waals surface area contributed by atoms with E-state index in [1.807, 2.05) is 52.8 Å². The van der Waals surface area contributed by atoms with Crippen molar-refractivity contribution in [3.8, 4) is 0 Å². The van der Waals surface area contributed by atoms with Crippen molar-refractivity contribution < 1.29 is 13.7 Å². The number of hydrogen-bond acceptors (Lipinski definition) is 5. The van der Waals surface area contributed by atoms with Crippen LogP contribution in [0.4, 0.5) is 0 Å². The fourth-order valence-electron chi connectivity index (χ4n) is 2.80. The molecule has 3 rings (SSSR count). The van der Waals surface area contributed by atoms with Gasteiger partial charge in [-0.25, -0.2) is 0 Å². The van der Waals surface area contributed by atoms with Gasteiger partial charge in [0.15, 0.2) is 11.6 Å². The topological polar surface area (TPSA) is 72.4 Å². The Labute approximate surface area is 146 Å². The van der Waals surface area contributed by atoms with Gasteiger partial charge in [-0.3, -0.25) is 4.79 Å². The van der Waals surface area contributed by atoms with Gasteiger partial charge in [-0.2, -0.15) is 4.98 Å². The molecule has 0 aliphatic carbocycles. The van der Waals surface area contributed by atoms with Gasteiger partial charge in [0.1, 0.15) is 12.1 Å². The van der Waals surface area contributed by atoms with Crippen LogP contribution in [0, 0.1) is 13.8 Å². The number of amides is 1. The second-order valence-electron chi connectivity index (χ2n) is 6.54. The molecule has 3 aromatic rings. The number of furan rings is 1. The molecule has 6 nitrogen and oxygen atoms in total. The molecule has 0 aliphatic heterocycles. The number of hydrogen-bond donors (Lipinski definition) is 0. The zero-order valence-corrected chi connectivity index (χ0v) is 15.3. The predicted molar refractivity (Wildman–Crippen MR) is 94.4 cm³/mol. The molecule has 0 atom stereocenters. The molecule has 0 unspecified atom stereocenters. The summed E-state index contributed by atoms with van der Waals surface area (Å²) < 4.78 is 11.1. The van der Waals surface area contributed by atoms with E-state index in [9.17, 15) is 4.79 Å². The fraction of sp³-hybridized carbons (Fsp3) is 0.421. The molecule has 0 saturated carbocycles. The van der Waals surface area contributed by atoms with E-state index in [4.69, 9.17) is 8.94 Å². The van der Waals surface area contributed by atoms with E-state index in [0.717, 1.165) is 22.1 Å². The van der Waals surface area contributed by atoms with Gasteiger partial charge in [0.05, 0.1) is 0 Å². The van der Waals surface area contributed by atoms with Crippen LogP contribution in [-0.2, 0) is 13.0 Å². The largest absolute Gasteiger partial charge is 0.451 e. The summed E-state index contributed by atoms with van der Waals surface area (Å²) in [6.07, 6.45) is 0.696. The summed E-state index contributed by atoms with van der Waals surface area (Å²) in [6.45, 7) is 10.0. The highest BCUT2D eigenvalue weighted by Crippen LogP contribution is 2.28. The van der Waals surface area contributed by atoms with Crippen molar-refractivity contribution in [2.24, 2.45) is 0 Å². The molecule has 0 bridgehead atoms. The van der Waals surface area contributed by atoms with Gasteiger partial charge in [-0.1, -0.05) is 24.2 Å². The Morgan fingerprint density at radius 1 is 1.28 bits per heavy atom. The lowest BCUT2D eigenvalue weighted by molar-refractivity contribution is 0.0636. The van der Waals surface area contributed by atoms with Gasteiger partial charge < -0.3 is 13.8 Å². The second-order valence-corrected chi connectivity index (χ2v) is 6.54. The number of benzene rings is 1. The van der Waals surface area contributed by atoms with Gasteiger partial charge in [0.2, 0.25) is 5.89 Å². The van der Waals surface area contributed by atoms with Crippen molar-refractivity contribution in [1.29, 1.82) is 0 Å². The Hall–Kier alpha value is -2.63. The van der Waals surface area contributed by atoms with Crippen LogP contribution in [0.3, 0.4) is 0 Å². The number of aryl methyl sites for hydroxylation is 3. The molecule has 0 spiro atoms. The van der Waals surface area contributed by atoms with Gasteiger partial charge in [0, 0.05) is 23.4 Å². The first-order valence-corrected chi connectivity index (χ1v) is 8.52. The number of fused-ring (bicyclic) bond motifs is 1. The Bertz CT molecular complexity index is 908. The predicted octanol–water partition coefficient (Wildman–Crippen LogP) is 4.05. The Kier molecular flexibility index (Phi) is 4.61. The van der Waals surface area contributed by atoms with Crippen LogP contribution in [0.15, 0.2) is 27.1 Å². The maximum Gasteiger partial charge on any atom is 0.290 e. The molecule has 0 radical (unpaired) electrons. The molecular weight excluding hydrogens is 318 g/mol. The van der Waals surface area contributed by atoms with E-state index in [1.54, 1.807) is 4.90 Å². The van der Waals surface area contributed by atoms with Crippen molar-refractivity contribution in [3.63, 3.8) is 0 Å². The normalized spacial score (nSPS) is 11.4. The van der Waals surface area contributed by atoms with Crippen LogP contribution in [0.2, 0.25) is 0 Å². The van der Waals surface area contributed by atoms with E-state index < -0.39 is 0 Å². The standard InChI is InChI=1S/C19H23N3O3/c1-6-16-20-17(25-21-16)10-22(11(2)3)19(23)18-13(5)14-8-7-12(4)9-15(14)24-18/h7-9,11H,6,10H2,1-5H3. The summed E-state index contributed by atoms with van der Waals surface area (Å²) in [6, 6.07) is 5.93. The third-order valence-corrected chi connectivity index (χ3v) is 4.30. The van der Waals surface area contributed by atoms with Crippen molar-refractivity contribution in [3.05, 3.63) is 46.8 Å². The van der Waals surface area contributed by atoms with Gasteiger partial charge in [0.25, 0.3) is 5.91 Å². The fourth-order valence-corrected chi connectivity index (χ4v) is 2.80. The summed E-state index contributed by atoms with van der Waals surface area (Å²) >= 11 is 0. The van der Waals surface area contributed by atoms with E-state index in [0.29, 0.717) is 23.9 Å². The number of aromatic nitrogens is 2. The highest BCUT2D eigenvalue weighted by Gasteiger charge is 2.27. The van der Waals surface area contributed by atoms with Crippen LogP contribution in [0.25, 0.3) is 11.0 Å².